The fourth-order valence-electron chi connectivity index (χ4n) is 3.87. The molecule has 2 saturated heterocycles. The highest BCUT2D eigenvalue weighted by molar-refractivity contribution is 9.10. The van der Waals surface area contributed by atoms with Crippen LogP contribution in [0.5, 0.6) is 11.5 Å². The standard InChI is InChI=1S/C22H34BrN3O4.ClH/c1-28-20-15-18(16-24-6-5-7-25-10-12-29-13-11-25)14-19(23)22(20)30-17-21(27)26-8-3-2-4-9-26;/h14-15,24H,2-13,16-17H2,1H3;1H/p-1. The van der Waals surface area contributed by atoms with Crippen LogP contribution in [0.4, 0.5) is 0 Å². The second-order valence-corrected chi connectivity index (χ2v) is 8.68. The topological polar surface area (TPSA) is 63.3 Å². The van der Waals surface area contributed by atoms with E-state index in [1.807, 2.05) is 17.0 Å². The molecule has 176 valence electrons. The van der Waals surface area contributed by atoms with Crippen LogP contribution in [-0.4, -0.2) is 81.9 Å². The SMILES string of the molecule is COc1cc(CNCCCN2CCOCC2)cc(Br)c1OCC(=O)N1CCCCC1.[Cl-]. The van der Waals surface area contributed by atoms with Gasteiger partial charge in [-0.1, -0.05) is 0 Å². The summed E-state index contributed by atoms with van der Waals surface area (Å²) < 4.78 is 17.6. The number of amides is 1. The van der Waals surface area contributed by atoms with Crippen LogP contribution in [0.2, 0.25) is 0 Å². The predicted octanol–water partition coefficient (Wildman–Crippen LogP) is -0.335. The molecule has 1 aromatic rings. The first kappa shape index (κ1) is 26.2. The van der Waals surface area contributed by atoms with Gasteiger partial charge in [0.2, 0.25) is 0 Å². The number of nitrogens with zero attached hydrogens (tertiary/aromatic N) is 2. The lowest BCUT2D eigenvalue weighted by molar-refractivity contribution is -0.134. The number of halogens is 2. The minimum atomic E-state index is 0. The van der Waals surface area contributed by atoms with Crippen molar-refractivity contribution in [2.75, 3.05) is 66.2 Å². The largest absolute Gasteiger partial charge is 1.00 e. The second kappa shape index (κ2) is 14.2. The van der Waals surface area contributed by atoms with E-state index in [-0.39, 0.29) is 24.9 Å². The zero-order chi connectivity index (χ0) is 21.2. The summed E-state index contributed by atoms with van der Waals surface area (Å²) >= 11 is 3.58. The molecule has 0 unspecified atom stereocenters. The van der Waals surface area contributed by atoms with Crippen molar-refractivity contribution in [3.63, 3.8) is 0 Å². The van der Waals surface area contributed by atoms with Crippen LogP contribution in [0.3, 0.4) is 0 Å². The van der Waals surface area contributed by atoms with Gasteiger partial charge in [0.05, 0.1) is 24.8 Å². The zero-order valence-electron chi connectivity index (χ0n) is 18.3. The molecule has 7 nitrogen and oxygen atoms in total. The lowest BCUT2D eigenvalue weighted by atomic mass is 10.1. The molecule has 2 heterocycles. The summed E-state index contributed by atoms with van der Waals surface area (Å²) in [5.41, 5.74) is 1.11. The van der Waals surface area contributed by atoms with E-state index >= 15 is 0 Å². The van der Waals surface area contributed by atoms with E-state index < -0.39 is 0 Å². The monoisotopic (exact) mass is 518 g/mol. The van der Waals surface area contributed by atoms with Gasteiger partial charge < -0.3 is 36.8 Å². The van der Waals surface area contributed by atoms with E-state index in [4.69, 9.17) is 14.2 Å². The number of hydrogen-bond donors (Lipinski definition) is 1. The first-order chi connectivity index (χ1) is 14.7. The fraction of sp³-hybridized carbons (Fsp3) is 0.682. The van der Waals surface area contributed by atoms with Crippen LogP contribution in [0.25, 0.3) is 0 Å². The number of rotatable bonds is 10. The number of carbonyl (C=O) groups excluding carboxylic acids is 1. The molecule has 31 heavy (non-hydrogen) atoms. The molecule has 0 radical (unpaired) electrons. The van der Waals surface area contributed by atoms with Crippen molar-refractivity contribution in [1.82, 2.24) is 15.1 Å². The van der Waals surface area contributed by atoms with Gasteiger partial charge in [-0.2, -0.15) is 0 Å². The highest BCUT2D eigenvalue weighted by Crippen LogP contribution is 2.36. The van der Waals surface area contributed by atoms with Gasteiger partial charge in [0.1, 0.15) is 0 Å². The number of hydrogen-bond acceptors (Lipinski definition) is 6. The molecule has 1 amide bonds. The number of carbonyl (C=O) groups is 1. The number of benzene rings is 1. The van der Waals surface area contributed by atoms with Crippen molar-refractivity contribution >= 4 is 21.8 Å². The predicted molar refractivity (Wildman–Crippen MR) is 120 cm³/mol. The molecule has 2 aliphatic heterocycles. The quantitative estimate of drug-likeness (QED) is 0.427. The van der Waals surface area contributed by atoms with Crippen LogP contribution in [0.15, 0.2) is 16.6 Å². The van der Waals surface area contributed by atoms with E-state index in [9.17, 15) is 4.79 Å². The van der Waals surface area contributed by atoms with Gasteiger partial charge in [-0.25, -0.2) is 0 Å². The second-order valence-electron chi connectivity index (χ2n) is 7.82. The van der Waals surface area contributed by atoms with Gasteiger partial charge in [-0.15, -0.1) is 0 Å². The number of ether oxygens (including phenoxy) is 3. The van der Waals surface area contributed by atoms with Gasteiger partial charge in [0.25, 0.3) is 5.91 Å². The number of nitrogens with one attached hydrogen (secondary N) is 1. The minimum absolute atomic E-state index is 0. The van der Waals surface area contributed by atoms with Crippen LogP contribution >= 0.6 is 15.9 Å². The van der Waals surface area contributed by atoms with Crippen LogP contribution in [0.1, 0.15) is 31.2 Å². The third kappa shape index (κ3) is 8.42. The summed E-state index contributed by atoms with van der Waals surface area (Å²) in [7, 11) is 1.63. The first-order valence-corrected chi connectivity index (χ1v) is 11.7. The summed E-state index contributed by atoms with van der Waals surface area (Å²) in [6, 6.07) is 4.00. The molecule has 2 fully saturated rings. The molecule has 0 aromatic heterocycles. The van der Waals surface area contributed by atoms with Crippen LogP contribution < -0.4 is 27.2 Å². The molecule has 9 heteroatoms. The summed E-state index contributed by atoms with van der Waals surface area (Å²) in [5.74, 6) is 1.26. The van der Waals surface area contributed by atoms with E-state index in [0.29, 0.717) is 11.5 Å². The first-order valence-electron chi connectivity index (χ1n) is 10.9. The number of morpholine rings is 1. The van der Waals surface area contributed by atoms with Crippen molar-refractivity contribution in [3.8, 4) is 11.5 Å². The summed E-state index contributed by atoms with van der Waals surface area (Å²) in [4.78, 5) is 16.7. The molecule has 2 aliphatic rings. The molecule has 0 bridgehead atoms. The lowest BCUT2D eigenvalue weighted by Gasteiger charge is -2.26. The average molecular weight is 520 g/mol. The average Bonchev–Trinajstić information content (AvgIpc) is 2.79. The van der Waals surface area contributed by atoms with Gasteiger partial charge in [0, 0.05) is 32.7 Å². The maximum atomic E-state index is 12.4. The Labute approximate surface area is 200 Å². The zero-order valence-corrected chi connectivity index (χ0v) is 20.7. The Morgan fingerprint density at radius 1 is 1.16 bits per heavy atom. The molecular formula is C22H34BrClN3O4-. The van der Waals surface area contributed by atoms with Crippen molar-refractivity contribution in [2.45, 2.75) is 32.2 Å². The van der Waals surface area contributed by atoms with Crippen molar-refractivity contribution < 1.29 is 31.4 Å². The van der Waals surface area contributed by atoms with Gasteiger partial charge in [0.15, 0.2) is 18.1 Å². The molecule has 0 spiro atoms. The molecule has 0 atom stereocenters. The highest BCUT2D eigenvalue weighted by Gasteiger charge is 2.19. The van der Waals surface area contributed by atoms with Crippen LogP contribution in [-0.2, 0) is 16.1 Å². The highest BCUT2D eigenvalue weighted by atomic mass is 79.9. The Morgan fingerprint density at radius 3 is 2.61 bits per heavy atom. The smallest absolute Gasteiger partial charge is 0.260 e. The Balaban J connectivity index is 0.00000341. The van der Waals surface area contributed by atoms with E-state index in [0.717, 1.165) is 88.3 Å². The number of piperidine rings is 1. The Kier molecular flexibility index (Phi) is 12.0. The van der Waals surface area contributed by atoms with Crippen molar-refractivity contribution in [1.29, 1.82) is 0 Å². The van der Waals surface area contributed by atoms with Crippen molar-refractivity contribution in [3.05, 3.63) is 22.2 Å². The number of methoxy groups -OCH3 is 1. The number of likely N-dealkylation sites (tertiary alicyclic amines) is 1. The maximum absolute atomic E-state index is 12.4. The Bertz CT molecular complexity index is 683. The van der Waals surface area contributed by atoms with Crippen molar-refractivity contribution in [2.24, 2.45) is 0 Å². The van der Waals surface area contributed by atoms with Gasteiger partial charge in [-0.05, 0) is 72.4 Å². The lowest BCUT2D eigenvalue weighted by Crippen LogP contribution is -3.00. The van der Waals surface area contributed by atoms with Gasteiger partial charge >= 0.3 is 0 Å². The van der Waals surface area contributed by atoms with Gasteiger partial charge in [-0.3, -0.25) is 9.69 Å². The Hall–Kier alpha value is -1.06. The molecule has 1 N–H and O–H groups in total. The molecular weight excluding hydrogens is 486 g/mol. The summed E-state index contributed by atoms with van der Waals surface area (Å²) in [6.07, 6.45) is 4.46. The Morgan fingerprint density at radius 2 is 1.90 bits per heavy atom. The third-order valence-corrected chi connectivity index (χ3v) is 6.19. The molecule has 3 rings (SSSR count). The fourth-order valence-corrected chi connectivity index (χ4v) is 4.47. The van der Waals surface area contributed by atoms with E-state index in [1.165, 1.54) is 6.42 Å². The minimum Gasteiger partial charge on any atom is -1.00 e. The normalized spacial score (nSPS) is 17.2. The molecule has 1 aromatic carbocycles. The maximum Gasteiger partial charge on any atom is 0.260 e. The van der Waals surface area contributed by atoms with E-state index in [2.05, 4.69) is 26.1 Å². The third-order valence-electron chi connectivity index (χ3n) is 5.60. The molecule has 0 aliphatic carbocycles. The van der Waals surface area contributed by atoms with Crippen LogP contribution in [0, 0.1) is 0 Å². The summed E-state index contributed by atoms with van der Waals surface area (Å²) in [5, 5.41) is 3.50. The molecule has 0 saturated carbocycles. The van der Waals surface area contributed by atoms with E-state index in [1.54, 1.807) is 7.11 Å². The summed E-state index contributed by atoms with van der Waals surface area (Å²) in [6.45, 7) is 8.27.